The van der Waals surface area contributed by atoms with Gasteiger partial charge in [0, 0.05) is 8.95 Å². The van der Waals surface area contributed by atoms with E-state index in [9.17, 15) is 4.79 Å². The highest BCUT2D eigenvalue weighted by Gasteiger charge is 2.17. The Kier molecular flexibility index (Phi) is 4.76. The maximum absolute atomic E-state index is 11.4. The van der Waals surface area contributed by atoms with E-state index >= 15 is 0 Å². The summed E-state index contributed by atoms with van der Waals surface area (Å²) in [5.74, 6) is -0.410. The van der Waals surface area contributed by atoms with Gasteiger partial charge in [0.15, 0.2) is 0 Å². The molecule has 0 spiro atoms. The summed E-state index contributed by atoms with van der Waals surface area (Å²) in [5.41, 5.74) is 6.46. The third kappa shape index (κ3) is 3.29. The van der Waals surface area contributed by atoms with E-state index < -0.39 is 12.0 Å². The van der Waals surface area contributed by atoms with Crippen molar-refractivity contribution in [3.05, 3.63) is 32.7 Å². The second-order valence-corrected chi connectivity index (χ2v) is 4.61. The van der Waals surface area contributed by atoms with Gasteiger partial charge in [-0.1, -0.05) is 6.07 Å². The number of hydrogen-bond donors (Lipinski definition) is 1. The number of carbonyl (C=O) groups is 1. The number of carbonyl (C=O) groups excluding carboxylic acids is 1. The van der Waals surface area contributed by atoms with Gasteiger partial charge in [0.25, 0.3) is 0 Å². The Morgan fingerprint density at radius 1 is 1.47 bits per heavy atom. The van der Waals surface area contributed by atoms with Crippen molar-refractivity contribution in [3.8, 4) is 0 Å². The Labute approximate surface area is 105 Å². The summed E-state index contributed by atoms with van der Waals surface area (Å²) in [5, 5.41) is 0. The average molecular weight is 337 g/mol. The fraction of sp³-hybridized carbons (Fsp3) is 0.300. The standard InChI is InChI=1S/C10H11Br2NO2/c1-2-15-10(14)9(13)6-3-4-7(11)8(12)5-6/h3-5,9H,2,13H2,1H3. The highest BCUT2D eigenvalue weighted by atomic mass is 79.9. The van der Waals surface area contributed by atoms with Crippen LogP contribution in [0.5, 0.6) is 0 Å². The van der Waals surface area contributed by atoms with Gasteiger partial charge in [-0.3, -0.25) is 0 Å². The number of nitrogens with two attached hydrogens (primary N) is 1. The topological polar surface area (TPSA) is 52.3 Å². The minimum Gasteiger partial charge on any atom is -0.465 e. The molecule has 82 valence electrons. The predicted molar refractivity (Wildman–Crippen MR) is 65.4 cm³/mol. The fourth-order valence-corrected chi connectivity index (χ4v) is 1.72. The number of hydrogen-bond acceptors (Lipinski definition) is 3. The summed E-state index contributed by atoms with van der Waals surface area (Å²) in [6.07, 6.45) is 0. The first kappa shape index (κ1) is 12.7. The SMILES string of the molecule is CCOC(=O)C(N)c1ccc(Br)c(Br)c1. The average Bonchev–Trinajstić information content (AvgIpc) is 2.21. The lowest BCUT2D eigenvalue weighted by Gasteiger charge is -2.11. The molecule has 0 saturated carbocycles. The van der Waals surface area contributed by atoms with Crippen molar-refractivity contribution in [2.45, 2.75) is 13.0 Å². The zero-order valence-electron chi connectivity index (χ0n) is 8.17. The van der Waals surface area contributed by atoms with Crippen molar-refractivity contribution in [3.63, 3.8) is 0 Å². The van der Waals surface area contributed by atoms with E-state index in [1.54, 1.807) is 19.1 Å². The zero-order chi connectivity index (χ0) is 11.4. The van der Waals surface area contributed by atoms with Crippen LogP contribution in [-0.4, -0.2) is 12.6 Å². The molecule has 3 nitrogen and oxygen atoms in total. The van der Waals surface area contributed by atoms with E-state index in [1.165, 1.54) is 0 Å². The molecule has 0 saturated heterocycles. The van der Waals surface area contributed by atoms with E-state index in [0.29, 0.717) is 6.61 Å². The van der Waals surface area contributed by atoms with Gasteiger partial charge in [-0.25, -0.2) is 4.79 Å². The molecule has 1 aromatic rings. The van der Waals surface area contributed by atoms with Crippen molar-refractivity contribution in [1.29, 1.82) is 0 Å². The van der Waals surface area contributed by atoms with Crippen molar-refractivity contribution < 1.29 is 9.53 Å². The third-order valence-corrected chi connectivity index (χ3v) is 3.72. The maximum atomic E-state index is 11.4. The van der Waals surface area contributed by atoms with Crippen LogP contribution < -0.4 is 5.73 Å². The molecule has 0 amide bonds. The first-order chi connectivity index (χ1) is 7.06. The zero-order valence-corrected chi connectivity index (χ0v) is 11.3. The molecule has 0 aliphatic heterocycles. The summed E-state index contributed by atoms with van der Waals surface area (Å²) in [4.78, 5) is 11.4. The predicted octanol–water partition coefficient (Wildman–Crippen LogP) is 2.77. The minimum atomic E-state index is -0.727. The molecule has 0 fully saturated rings. The van der Waals surface area contributed by atoms with Crippen LogP contribution in [0.3, 0.4) is 0 Å². The Balaban J connectivity index is 2.86. The van der Waals surface area contributed by atoms with E-state index in [-0.39, 0.29) is 0 Å². The van der Waals surface area contributed by atoms with Crippen LogP contribution in [0.4, 0.5) is 0 Å². The third-order valence-electron chi connectivity index (χ3n) is 1.84. The summed E-state index contributed by atoms with van der Waals surface area (Å²) >= 11 is 6.69. The molecule has 1 atom stereocenters. The van der Waals surface area contributed by atoms with Crippen LogP contribution in [0.15, 0.2) is 27.1 Å². The van der Waals surface area contributed by atoms with Crippen molar-refractivity contribution >= 4 is 37.8 Å². The molecule has 15 heavy (non-hydrogen) atoms. The molecule has 1 rings (SSSR count). The number of rotatable bonds is 3. The van der Waals surface area contributed by atoms with Gasteiger partial charge >= 0.3 is 5.97 Å². The first-order valence-corrected chi connectivity index (χ1v) is 6.02. The summed E-state index contributed by atoms with van der Waals surface area (Å²) in [7, 11) is 0. The van der Waals surface area contributed by atoms with Crippen LogP contribution >= 0.6 is 31.9 Å². The van der Waals surface area contributed by atoms with Crippen LogP contribution in [0.1, 0.15) is 18.5 Å². The fourth-order valence-electron chi connectivity index (χ4n) is 1.07. The number of benzene rings is 1. The molecule has 0 aliphatic carbocycles. The molecule has 5 heteroatoms. The van der Waals surface area contributed by atoms with Gasteiger partial charge in [-0.15, -0.1) is 0 Å². The van der Waals surface area contributed by atoms with Crippen LogP contribution in [0, 0.1) is 0 Å². The molecule has 1 aromatic carbocycles. The molecule has 2 N–H and O–H groups in total. The summed E-state index contributed by atoms with van der Waals surface area (Å²) in [6.45, 7) is 2.09. The molecular weight excluding hydrogens is 326 g/mol. The van der Waals surface area contributed by atoms with E-state index in [4.69, 9.17) is 10.5 Å². The largest absolute Gasteiger partial charge is 0.465 e. The Morgan fingerprint density at radius 3 is 2.67 bits per heavy atom. The van der Waals surface area contributed by atoms with E-state index in [1.807, 2.05) is 6.07 Å². The van der Waals surface area contributed by atoms with E-state index in [2.05, 4.69) is 31.9 Å². The highest BCUT2D eigenvalue weighted by molar-refractivity contribution is 9.13. The summed E-state index contributed by atoms with van der Waals surface area (Å²) < 4.78 is 6.62. The smallest absolute Gasteiger partial charge is 0.327 e. The van der Waals surface area contributed by atoms with Crippen LogP contribution in [0.2, 0.25) is 0 Å². The number of esters is 1. The van der Waals surface area contributed by atoms with Gasteiger partial charge in [0.1, 0.15) is 6.04 Å². The molecule has 0 heterocycles. The molecule has 0 bridgehead atoms. The normalized spacial score (nSPS) is 12.3. The lowest BCUT2D eigenvalue weighted by atomic mass is 10.1. The van der Waals surface area contributed by atoms with E-state index in [0.717, 1.165) is 14.5 Å². The summed E-state index contributed by atoms with van der Waals surface area (Å²) in [6, 6.07) is 4.69. The van der Waals surface area contributed by atoms with Gasteiger partial charge in [0.05, 0.1) is 6.61 Å². The maximum Gasteiger partial charge on any atom is 0.327 e. The highest BCUT2D eigenvalue weighted by Crippen LogP contribution is 2.26. The van der Waals surface area contributed by atoms with Gasteiger partial charge < -0.3 is 10.5 Å². The monoisotopic (exact) mass is 335 g/mol. The lowest BCUT2D eigenvalue weighted by Crippen LogP contribution is -2.23. The Hall–Kier alpha value is -0.390. The molecule has 1 unspecified atom stereocenters. The van der Waals surface area contributed by atoms with Crippen molar-refractivity contribution in [2.24, 2.45) is 5.73 Å². The lowest BCUT2D eigenvalue weighted by molar-refractivity contribution is -0.144. The van der Waals surface area contributed by atoms with Crippen molar-refractivity contribution in [1.82, 2.24) is 0 Å². The van der Waals surface area contributed by atoms with Gasteiger partial charge in [0.2, 0.25) is 0 Å². The molecule has 0 radical (unpaired) electrons. The van der Waals surface area contributed by atoms with Gasteiger partial charge in [-0.2, -0.15) is 0 Å². The second kappa shape index (κ2) is 5.63. The second-order valence-electron chi connectivity index (χ2n) is 2.90. The Morgan fingerprint density at radius 2 is 2.13 bits per heavy atom. The molecular formula is C10H11Br2NO2. The molecule has 0 aliphatic rings. The minimum absolute atomic E-state index is 0.338. The van der Waals surface area contributed by atoms with Crippen LogP contribution in [0.25, 0.3) is 0 Å². The Bertz CT molecular complexity index is 368. The molecule has 0 aromatic heterocycles. The van der Waals surface area contributed by atoms with Crippen molar-refractivity contribution in [2.75, 3.05) is 6.61 Å². The number of ether oxygens (including phenoxy) is 1. The van der Waals surface area contributed by atoms with Gasteiger partial charge in [-0.05, 0) is 56.5 Å². The quantitative estimate of drug-likeness (QED) is 0.863. The van der Waals surface area contributed by atoms with Crippen LogP contribution in [-0.2, 0) is 9.53 Å². The first-order valence-electron chi connectivity index (χ1n) is 4.43. The number of halogens is 2.